The van der Waals surface area contributed by atoms with E-state index in [0.717, 1.165) is 24.7 Å². The third-order valence-electron chi connectivity index (χ3n) is 5.46. The van der Waals surface area contributed by atoms with Crippen molar-refractivity contribution < 1.29 is 4.79 Å². The summed E-state index contributed by atoms with van der Waals surface area (Å²) in [4.78, 5) is 16.6. The number of aromatic nitrogens is 2. The monoisotopic (exact) mass is 324 g/mol. The van der Waals surface area contributed by atoms with Crippen LogP contribution in [0.3, 0.4) is 0 Å². The summed E-state index contributed by atoms with van der Waals surface area (Å²) in [6, 6.07) is 10.6. The molecule has 2 N–H and O–H groups in total. The molecule has 5 heteroatoms. The Morgan fingerprint density at radius 2 is 2.08 bits per heavy atom. The van der Waals surface area contributed by atoms with Crippen LogP contribution in [0, 0.1) is 11.8 Å². The molecule has 1 aromatic heterocycles. The van der Waals surface area contributed by atoms with E-state index >= 15 is 0 Å². The summed E-state index contributed by atoms with van der Waals surface area (Å²) in [7, 11) is 0. The summed E-state index contributed by atoms with van der Waals surface area (Å²) in [6.07, 6.45) is 8.82. The van der Waals surface area contributed by atoms with E-state index in [-0.39, 0.29) is 6.03 Å². The predicted octanol–water partition coefficient (Wildman–Crippen LogP) is 2.92. The predicted molar refractivity (Wildman–Crippen MR) is 92.4 cm³/mol. The van der Waals surface area contributed by atoms with Gasteiger partial charge in [0.25, 0.3) is 0 Å². The number of hydrogen-bond acceptors (Lipinski definition) is 2. The molecule has 2 saturated carbocycles. The van der Waals surface area contributed by atoms with E-state index in [2.05, 4.69) is 32.3 Å². The van der Waals surface area contributed by atoms with Crippen molar-refractivity contribution in [2.45, 2.75) is 44.8 Å². The van der Waals surface area contributed by atoms with Crippen molar-refractivity contribution in [1.82, 2.24) is 20.2 Å². The fraction of sp³-hybridized carbons (Fsp3) is 0.474. The van der Waals surface area contributed by atoms with Crippen molar-refractivity contribution in [3.63, 3.8) is 0 Å². The highest BCUT2D eigenvalue weighted by Gasteiger charge is 2.40. The van der Waals surface area contributed by atoms with Gasteiger partial charge in [-0.15, -0.1) is 0 Å². The van der Waals surface area contributed by atoms with Gasteiger partial charge < -0.3 is 15.2 Å². The van der Waals surface area contributed by atoms with Gasteiger partial charge >= 0.3 is 6.03 Å². The number of imidazole rings is 1. The van der Waals surface area contributed by atoms with E-state index in [4.69, 9.17) is 0 Å². The molecule has 126 valence electrons. The molecule has 5 nitrogen and oxygen atoms in total. The molecular formula is C19H24N4O. The first-order valence-corrected chi connectivity index (χ1v) is 8.86. The van der Waals surface area contributed by atoms with Crippen LogP contribution in [0.5, 0.6) is 0 Å². The Balaban J connectivity index is 1.30. The van der Waals surface area contributed by atoms with Crippen LogP contribution in [0.2, 0.25) is 0 Å². The van der Waals surface area contributed by atoms with Gasteiger partial charge in [-0.3, -0.25) is 0 Å². The van der Waals surface area contributed by atoms with E-state index in [9.17, 15) is 4.79 Å². The molecule has 0 saturated heterocycles. The van der Waals surface area contributed by atoms with Gasteiger partial charge in [0.05, 0.1) is 6.54 Å². The standard InChI is InChI=1S/C19H24N4O/c24-19(22-17-11-15-6-7-16(17)10-15)21-12-18-20-8-9-23(18)13-14-4-2-1-3-5-14/h1-5,8-9,15-17H,6-7,10-13H2,(H2,21,22,24)/t15-,16-,17+/m0/s1. The molecule has 3 atom stereocenters. The van der Waals surface area contributed by atoms with Gasteiger partial charge in [0.2, 0.25) is 0 Å². The lowest BCUT2D eigenvalue weighted by molar-refractivity contribution is 0.230. The number of hydrogen-bond donors (Lipinski definition) is 2. The van der Waals surface area contributed by atoms with E-state index < -0.39 is 0 Å². The lowest BCUT2D eigenvalue weighted by atomic mass is 9.95. The fourth-order valence-corrected chi connectivity index (χ4v) is 4.23. The number of amides is 2. The molecule has 2 amide bonds. The minimum atomic E-state index is -0.0678. The Kier molecular flexibility index (Phi) is 4.24. The zero-order valence-corrected chi connectivity index (χ0v) is 13.8. The van der Waals surface area contributed by atoms with Gasteiger partial charge in [-0.1, -0.05) is 36.8 Å². The van der Waals surface area contributed by atoms with Gasteiger partial charge in [-0.25, -0.2) is 9.78 Å². The number of carbonyl (C=O) groups is 1. The average molecular weight is 324 g/mol. The largest absolute Gasteiger partial charge is 0.335 e. The zero-order chi connectivity index (χ0) is 16.4. The highest BCUT2D eigenvalue weighted by molar-refractivity contribution is 5.74. The molecule has 4 rings (SSSR count). The summed E-state index contributed by atoms with van der Waals surface area (Å²) < 4.78 is 2.08. The first-order valence-electron chi connectivity index (χ1n) is 8.86. The van der Waals surface area contributed by atoms with Gasteiger partial charge in [0.15, 0.2) is 0 Å². The number of rotatable bonds is 5. The average Bonchev–Trinajstić information content (AvgIpc) is 3.31. The van der Waals surface area contributed by atoms with Crippen LogP contribution in [0.15, 0.2) is 42.7 Å². The lowest BCUT2D eigenvalue weighted by Gasteiger charge is -2.23. The zero-order valence-electron chi connectivity index (χ0n) is 13.8. The van der Waals surface area contributed by atoms with Gasteiger partial charge in [-0.2, -0.15) is 0 Å². The minimum Gasteiger partial charge on any atom is -0.335 e. The SMILES string of the molecule is O=C(NCc1nccn1Cc1ccccc1)N[C@@H]1C[C@H]2CC[C@H]1C2. The summed E-state index contributed by atoms with van der Waals surface area (Å²) >= 11 is 0. The number of nitrogens with one attached hydrogen (secondary N) is 2. The van der Waals surface area contributed by atoms with Gasteiger partial charge in [-0.05, 0) is 36.7 Å². The molecule has 2 aromatic rings. The highest BCUT2D eigenvalue weighted by Crippen LogP contribution is 2.44. The van der Waals surface area contributed by atoms with E-state index in [1.54, 1.807) is 6.20 Å². The van der Waals surface area contributed by atoms with Crippen LogP contribution in [-0.4, -0.2) is 21.6 Å². The number of nitrogens with zero attached hydrogens (tertiary/aromatic N) is 2. The van der Waals surface area contributed by atoms with Gasteiger partial charge in [0, 0.05) is 25.0 Å². The molecule has 0 aliphatic heterocycles. The maximum atomic E-state index is 12.2. The normalized spacial score (nSPS) is 24.9. The molecule has 0 spiro atoms. The van der Waals surface area contributed by atoms with E-state index in [1.165, 1.54) is 24.8 Å². The van der Waals surface area contributed by atoms with E-state index in [0.29, 0.717) is 18.5 Å². The number of carbonyl (C=O) groups excluding carboxylic acids is 1. The Morgan fingerprint density at radius 3 is 2.83 bits per heavy atom. The van der Waals surface area contributed by atoms with Crippen molar-refractivity contribution >= 4 is 6.03 Å². The highest BCUT2D eigenvalue weighted by atomic mass is 16.2. The molecule has 1 heterocycles. The molecule has 2 fully saturated rings. The second-order valence-corrected chi connectivity index (χ2v) is 7.07. The Hall–Kier alpha value is -2.30. The number of urea groups is 1. The Bertz CT molecular complexity index is 696. The topological polar surface area (TPSA) is 59.0 Å². The second-order valence-electron chi connectivity index (χ2n) is 7.07. The second kappa shape index (κ2) is 6.67. The molecule has 2 aliphatic rings. The Morgan fingerprint density at radius 1 is 1.21 bits per heavy atom. The van der Waals surface area contributed by atoms with Gasteiger partial charge in [0.1, 0.15) is 5.82 Å². The minimum absolute atomic E-state index is 0.0678. The summed E-state index contributed by atoms with van der Waals surface area (Å²) in [6.45, 7) is 1.22. The van der Waals surface area contributed by atoms with Crippen molar-refractivity contribution in [1.29, 1.82) is 0 Å². The van der Waals surface area contributed by atoms with Crippen LogP contribution in [0.1, 0.15) is 37.1 Å². The third kappa shape index (κ3) is 3.30. The quantitative estimate of drug-likeness (QED) is 0.888. The Labute approximate surface area is 142 Å². The van der Waals surface area contributed by atoms with Crippen molar-refractivity contribution in [3.05, 3.63) is 54.1 Å². The molecule has 2 bridgehead atoms. The van der Waals surface area contributed by atoms with Crippen LogP contribution in [0.25, 0.3) is 0 Å². The first kappa shape index (κ1) is 15.2. The molecule has 1 aromatic carbocycles. The molecule has 2 aliphatic carbocycles. The third-order valence-corrected chi connectivity index (χ3v) is 5.46. The lowest BCUT2D eigenvalue weighted by Crippen LogP contribution is -2.44. The number of fused-ring (bicyclic) bond motifs is 2. The van der Waals surface area contributed by atoms with Crippen LogP contribution < -0.4 is 10.6 Å². The molecular weight excluding hydrogens is 300 g/mol. The summed E-state index contributed by atoms with van der Waals surface area (Å²) in [5.41, 5.74) is 1.23. The maximum absolute atomic E-state index is 12.2. The summed E-state index contributed by atoms with van der Waals surface area (Å²) in [5.74, 6) is 2.41. The first-order chi connectivity index (χ1) is 11.8. The van der Waals surface area contributed by atoms with Crippen LogP contribution in [0.4, 0.5) is 4.79 Å². The van der Waals surface area contributed by atoms with Crippen molar-refractivity contribution in [2.24, 2.45) is 11.8 Å². The van der Waals surface area contributed by atoms with Crippen LogP contribution in [-0.2, 0) is 13.1 Å². The van der Waals surface area contributed by atoms with Crippen molar-refractivity contribution in [2.75, 3.05) is 0 Å². The molecule has 24 heavy (non-hydrogen) atoms. The van der Waals surface area contributed by atoms with Crippen molar-refractivity contribution in [3.8, 4) is 0 Å². The smallest absolute Gasteiger partial charge is 0.315 e. The van der Waals surface area contributed by atoms with E-state index in [1.807, 2.05) is 24.4 Å². The molecule has 0 radical (unpaired) electrons. The number of benzene rings is 1. The fourth-order valence-electron chi connectivity index (χ4n) is 4.23. The maximum Gasteiger partial charge on any atom is 0.315 e. The molecule has 0 unspecified atom stereocenters. The summed E-state index contributed by atoms with van der Waals surface area (Å²) in [5, 5.41) is 6.12. The van der Waals surface area contributed by atoms with Crippen LogP contribution >= 0.6 is 0 Å².